The monoisotopic (exact) mass is 373 g/mol. The smallest absolute Gasteiger partial charge is 0.387 e. The Hall–Kier alpha value is -3.29. The van der Waals surface area contributed by atoms with Gasteiger partial charge in [-0.1, -0.05) is 12.1 Å². The highest BCUT2D eigenvalue weighted by molar-refractivity contribution is 5.90. The molecule has 0 aliphatic carbocycles. The van der Waals surface area contributed by atoms with Gasteiger partial charge in [-0.15, -0.1) is 0 Å². The number of nitrogens with zero attached hydrogens (tertiary/aromatic N) is 1. The van der Waals surface area contributed by atoms with Crippen LogP contribution in [0, 0.1) is 0 Å². The van der Waals surface area contributed by atoms with Crippen molar-refractivity contribution in [3.05, 3.63) is 64.7 Å². The van der Waals surface area contributed by atoms with E-state index in [1.807, 2.05) is 6.07 Å². The molecule has 0 spiro atoms. The quantitative estimate of drug-likeness (QED) is 0.664. The second-order valence-electron chi connectivity index (χ2n) is 5.83. The number of aryl methyl sites for hydroxylation is 1. The molecule has 0 fully saturated rings. The van der Waals surface area contributed by atoms with Gasteiger partial charge in [-0.25, -0.2) is 4.98 Å². The summed E-state index contributed by atoms with van der Waals surface area (Å²) in [6.45, 7) is -2.89. The molecule has 27 heavy (non-hydrogen) atoms. The minimum atomic E-state index is -2.89. The van der Waals surface area contributed by atoms with Gasteiger partial charge in [0.15, 0.2) is 0 Å². The Kier molecular flexibility index (Phi) is 5.75. The zero-order valence-corrected chi connectivity index (χ0v) is 14.2. The molecule has 6 nitrogen and oxygen atoms in total. The van der Waals surface area contributed by atoms with Crippen molar-refractivity contribution in [3.8, 4) is 5.75 Å². The lowest BCUT2D eigenvalue weighted by Gasteiger charge is -2.07. The van der Waals surface area contributed by atoms with Crippen molar-refractivity contribution in [2.45, 2.75) is 25.9 Å². The standard InChI is InChI=1S/C19H17F2N3O3/c20-19(21)27-13-10-8-12(9-11-13)22-17(25)7-3-6-16-23-15-5-2-1-4-14(15)18(26)24-16/h1-2,4-5,8-11,19H,3,6-7H2,(H,22,25)(H,23,24,26). The predicted molar refractivity (Wildman–Crippen MR) is 97.0 cm³/mol. The van der Waals surface area contributed by atoms with Crippen molar-refractivity contribution < 1.29 is 18.3 Å². The number of para-hydroxylation sites is 1. The van der Waals surface area contributed by atoms with Crippen LogP contribution in [0.3, 0.4) is 0 Å². The first-order valence-corrected chi connectivity index (χ1v) is 8.34. The van der Waals surface area contributed by atoms with Gasteiger partial charge in [-0.05, 0) is 42.8 Å². The van der Waals surface area contributed by atoms with E-state index in [9.17, 15) is 18.4 Å². The third-order valence-corrected chi connectivity index (χ3v) is 3.84. The third kappa shape index (κ3) is 5.10. The second kappa shape index (κ2) is 8.39. The molecule has 0 unspecified atom stereocenters. The van der Waals surface area contributed by atoms with Gasteiger partial charge in [0.1, 0.15) is 11.6 Å². The van der Waals surface area contributed by atoms with E-state index in [0.29, 0.717) is 35.3 Å². The van der Waals surface area contributed by atoms with Gasteiger partial charge < -0.3 is 15.0 Å². The van der Waals surface area contributed by atoms with Crippen LogP contribution in [-0.4, -0.2) is 22.5 Å². The highest BCUT2D eigenvalue weighted by atomic mass is 19.3. The van der Waals surface area contributed by atoms with Gasteiger partial charge in [0.05, 0.1) is 10.9 Å². The maximum Gasteiger partial charge on any atom is 0.387 e. The van der Waals surface area contributed by atoms with E-state index in [1.54, 1.807) is 18.2 Å². The first kappa shape index (κ1) is 18.5. The summed E-state index contributed by atoms with van der Waals surface area (Å²) in [4.78, 5) is 31.1. The van der Waals surface area contributed by atoms with Crippen molar-refractivity contribution in [1.29, 1.82) is 0 Å². The van der Waals surface area contributed by atoms with Crippen molar-refractivity contribution in [2.75, 3.05) is 5.32 Å². The molecular formula is C19H17F2N3O3. The molecule has 0 atom stereocenters. The lowest BCUT2D eigenvalue weighted by molar-refractivity contribution is -0.116. The number of alkyl halides is 2. The van der Waals surface area contributed by atoms with Gasteiger partial charge in [0.2, 0.25) is 5.91 Å². The molecule has 0 saturated heterocycles. The summed E-state index contributed by atoms with van der Waals surface area (Å²) in [7, 11) is 0. The van der Waals surface area contributed by atoms with E-state index < -0.39 is 6.61 Å². The molecule has 0 saturated carbocycles. The fourth-order valence-corrected chi connectivity index (χ4v) is 2.61. The third-order valence-electron chi connectivity index (χ3n) is 3.84. The summed E-state index contributed by atoms with van der Waals surface area (Å²) in [6.07, 6.45) is 1.18. The number of anilines is 1. The molecule has 2 aromatic carbocycles. The number of amides is 1. The number of ether oxygens (including phenoxy) is 1. The minimum absolute atomic E-state index is 0.0225. The van der Waals surface area contributed by atoms with Crippen LogP contribution < -0.4 is 15.6 Å². The Labute approximate surface area is 153 Å². The number of rotatable bonds is 7. The van der Waals surface area contributed by atoms with Crippen molar-refractivity contribution in [1.82, 2.24) is 9.97 Å². The summed E-state index contributed by atoms with van der Waals surface area (Å²) in [6, 6.07) is 12.7. The molecular weight excluding hydrogens is 356 g/mol. The summed E-state index contributed by atoms with van der Waals surface area (Å²) in [5.74, 6) is 0.329. The van der Waals surface area contributed by atoms with Crippen LogP contribution in [0.15, 0.2) is 53.3 Å². The number of fused-ring (bicyclic) bond motifs is 1. The number of benzene rings is 2. The lowest BCUT2D eigenvalue weighted by atomic mass is 10.2. The molecule has 1 aromatic heterocycles. The molecule has 3 rings (SSSR count). The van der Waals surface area contributed by atoms with Crippen LogP contribution in [0.1, 0.15) is 18.7 Å². The normalized spacial score (nSPS) is 10.9. The Bertz CT molecular complexity index is 987. The number of hydrogen-bond acceptors (Lipinski definition) is 4. The van der Waals surface area contributed by atoms with Crippen LogP contribution in [0.5, 0.6) is 5.75 Å². The van der Waals surface area contributed by atoms with Crippen LogP contribution in [-0.2, 0) is 11.2 Å². The molecule has 0 radical (unpaired) electrons. The van der Waals surface area contributed by atoms with Crippen LogP contribution in [0.2, 0.25) is 0 Å². The van der Waals surface area contributed by atoms with Gasteiger partial charge >= 0.3 is 6.61 Å². The minimum Gasteiger partial charge on any atom is -0.435 e. The molecule has 1 amide bonds. The van der Waals surface area contributed by atoms with E-state index >= 15 is 0 Å². The SMILES string of the molecule is O=C(CCCc1nc2ccccc2c(=O)[nH]1)Nc1ccc(OC(F)F)cc1. The number of hydrogen-bond donors (Lipinski definition) is 2. The number of H-pyrrole nitrogens is 1. The molecule has 3 aromatic rings. The average molecular weight is 373 g/mol. The number of nitrogens with one attached hydrogen (secondary N) is 2. The number of carbonyl (C=O) groups is 1. The zero-order valence-electron chi connectivity index (χ0n) is 14.2. The Morgan fingerprint density at radius 3 is 2.63 bits per heavy atom. The Balaban J connectivity index is 1.52. The van der Waals surface area contributed by atoms with Gasteiger partial charge in [0.25, 0.3) is 5.56 Å². The van der Waals surface area contributed by atoms with Crippen LogP contribution in [0.4, 0.5) is 14.5 Å². The largest absolute Gasteiger partial charge is 0.435 e. The van der Waals surface area contributed by atoms with Crippen LogP contribution >= 0.6 is 0 Å². The van der Waals surface area contributed by atoms with Crippen LogP contribution in [0.25, 0.3) is 10.9 Å². The molecule has 0 bridgehead atoms. The fraction of sp³-hybridized carbons (Fsp3) is 0.211. The van der Waals surface area contributed by atoms with E-state index in [0.717, 1.165) is 0 Å². The fourth-order valence-electron chi connectivity index (χ4n) is 2.61. The molecule has 140 valence electrons. The number of carbonyl (C=O) groups excluding carboxylic acids is 1. The summed E-state index contributed by atoms with van der Waals surface area (Å²) in [5, 5.41) is 3.20. The maximum atomic E-state index is 12.1. The lowest BCUT2D eigenvalue weighted by Crippen LogP contribution is -2.14. The first-order valence-electron chi connectivity index (χ1n) is 8.34. The van der Waals surface area contributed by atoms with E-state index in [4.69, 9.17) is 0 Å². The number of halogens is 2. The Morgan fingerprint density at radius 1 is 1.15 bits per heavy atom. The number of aromatic amines is 1. The molecule has 2 N–H and O–H groups in total. The molecule has 8 heteroatoms. The Morgan fingerprint density at radius 2 is 1.89 bits per heavy atom. The topological polar surface area (TPSA) is 84.1 Å². The summed E-state index contributed by atoms with van der Waals surface area (Å²) in [5.41, 5.74) is 0.900. The second-order valence-corrected chi connectivity index (χ2v) is 5.83. The molecule has 1 heterocycles. The zero-order chi connectivity index (χ0) is 19.2. The van der Waals surface area contributed by atoms with E-state index in [2.05, 4.69) is 20.0 Å². The van der Waals surface area contributed by atoms with Gasteiger partial charge in [0, 0.05) is 18.5 Å². The van der Waals surface area contributed by atoms with E-state index in [1.165, 1.54) is 24.3 Å². The number of aromatic nitrogens is 2. The maximum absolute atomic E-state index is 12.1. The van der Waals surface area contributed by atoms with E-state index in [-0.39, 0.29) is 23.6 Å². The average Bonchev–Trinajstić information content (AvgIpc) is 2.63. The van der Waals surface area contributed by atoms with Crippen molar-refractivity contribution in [2.24, 2.45) is 0 Å². The van der Waals surface area contributed by atoms with Gasteiger partial charge in [-0.3, -0.25) is 9.59 Å². The summed E-state index contributed by atoms with van der Waals surface area (Å²) < 4.78 is 28.5. The predicted octanol–water partition coefficient (Wildman–Crippen LogP) is 3.49. The highest BCUT2D eigenvalue weighted by Crippen LogP contribution is 2.18. The highest BCUT2D eigenvalue weighted by Gasteiger charge is 2.07. The first-order chi connectivity index (χ1) is 13.0. The van der Waals surface area contributed by atoms with Crippen molar-refractivity contribution >= 4 is 22.5 Å². The van der Waals surface area contributed by atoms with Gasteiger partial charge in [-0.2, -0.15) is 8.78 Å². The van der Waals surface area contributed by atoms with Crippen molar-refractivity contribution in [3.63, 3.8) is 0 Å². The molecule has 0 aliphatic heterocycles. The molecule has 0 aliphatic rings. The summed E-state index contributed by atoms with van der Waals surface area (Å²) >= 11 is 0.